The number of aromatic amines is 1. The van der Waals surface area contributed by atoms with Crippen LogP contribution in [0.1, 0.15) is 38.4 Å². The topological polar surface area (TPSA) is 67.9 Å². The van der Waals surface area contributed by atoms with E-state index in [2.05, 4.69) is 15.2 Å². The maximum atomic E-state index is 11.5. The van der Waals surface area contributed by atoms with Crippen LogP contribution in [0.15, 0.2) is 6.33 Å². The maximum absolute atomic E-state index is 11.5. The Morgan fingerprint density at radius 3 is 2.93 bits per heavy atom. The molecule has 0 saturated heterocycles. The van der Waals surface area contributed by atoms with Crippen LogP contribution in [0.2, 0.25) is 0 Å². The highest BCUT2D eigenvalue weighted by atomic mass is 16.5. The van der Waals surface area contributed by atoms with Crippen molar-refractivity contribution in [2.75, 3.05) is 6.61 Å². The van der Waals surface area contributed by atoms with Crippen molar-refractivity contribution in [1.29, 1.82) is 0 Å². The van der Waals surface area contributed by atoms with Crippen molar-refractivity contribution in [3.63, 3.8) is 0 Å². The van der Waals surface area contributed by atoms with E-state index < -0.39 is 0 Å². The summed E-state index contributed by atoms with van der Waals surface area (Å²) in [5, 5.41) is 6.42. The molecule has 0 amide bonds. The van der Waals surface area contributed by atoms with Crippen molar-refractivity contribution in [2.45, 2.75) is 32.6 Å². The van der Waals surface area contributed by atoms with Gasteiger partial charge in [0, 0.05) is 0 Å². The molecule has 0 aliphatic rings. The lowest BCUT2D eigenvalue weighted by atomic mass is 10.0. The van der Waals surface area contributed by atoms with Crippen molar-refractivity contribution in [3.05, 3.63) is 12.2 Å². The molecule has 5 nitrogen and oxygen atoms in total. The standard InChI is InChI=1S/C9H15N3O2/c1-3-5-7(9(13)14-4-2)8-10-6-11-12-8/h6-7H,3-5H2,1-2H3,(H,10,11,12). The number of carbonyl (C=O) groups is 1. The molecular formula is C9H15N3O2. The van der Waals surface area contributed by atoms with Gasteiger partial charge in [-0.3, -0.25) is 9.89 Å². The summed E-state index contributed by atoms with van der Waals surface area (Å²) in [5.74, 6) is 0.0545. The molecule has 0 aliphatic heterocycles. The van der Waals surface area contributed by atoms with Crippen LogP contribution in [0.5, 0.6) is 0 Å². The summed E-state index contributed by atoms with van der Waals surface area (Å²) in [6.45, 7) is 4.21. The number of nitrogens with zero attached hydrogens (tertiary/aromatic N) is 2. The average molecular weight is 197 g/mol. The Kier molecular flexibility index (Phi) is 4.10. The molecule has 14 heavy (non-hydrogen) atoms. The van der Waals surface area contributed by atoms with Gasteiger partial charge in [0.25, 0.3) is 0 Å². The SMILES string of the molecule is CCCC(C(=O)OCC)c1ncn[nH]1. The molecule has 0 aromatic carbocycles. The Hall–Kier alpha value is -1.39. The van der Waals surface area contributed by atoms with Crippen molar-refractivity contribution in [3.8, 4) is 0 Å². The summed E-state index contributed by atoms with van der Waals surface area (Å²) in [6, 6.07) is 0. The smallest absolute Gasteiger partial charge is 0.316 e. The lowest BCUT2D eigenvalue weighted by Gasteiger charge is -2.11. The second kappa shape index (κ2) is 5.36. The summed E-state index contributed by atoms with van der Waals surface area (Å²) < 4.78 is 4.95. The van der Waals surface area contributed by atoms with Gasteiger partial charge in [-0.05, 0) is 13.3 Å². The third-order valence-electron chi connectivity index (χ3n) is 1.91. The van der Waals surface area contributed by atoms with E-state index in [1.165, 1.54) is 6.33 Å². The number of hydrogen-bond donors (Lipinski definition) is 1. The predicted molar refractivity (Wildman–Crippen MR) is 50.7 cm³/mol. The summed E-state index contributed by atoms with van der Waals surface area (Å²) in [5.41, 5.74) is 0. The number of ether oxygens (including phenoxy) is 1. The van der Waals surface area contributed by atoms with Gasteiger partial charge in [-0.1, -0.05) is 13.3 Å². The lowest BCUT2D eigenvalue weighted by molar-refractivity contribution is -0.145. The maximum Gasteiger partial charge on any atom is 0.316 e. The number of carbonyl (C=O) groups excluding carboxylic acids is 1. The highest BCUT2D eigenvalue weighted by Crippen LogP contribution is 2.18. The fourth-order valence-corrected chi connectivity index (χ4v) is 1.28. The van der Waals surface area contributed by atoms with Gasteiger partial charge >= 0.3 is 5.97 Å². The summed E-state index contributed by atoms with van der Waals surface area (Å²) >= 11 is 0. The Labute approximate surface area is 82.9 Å². The van der Waals surface area contributed by atoms with Gasteiger partial charge < -0.3 is 4.74 Å². The summed E-state index contributed by atoms with van der Waals surface area (Å²) in [4.78, 5) is 15.5. The zero-order valence-electron chi connectivity index (χ0n) is 8.49. The summed E-state index contributed by atoms with van der Waals surface area (Å²) in [7, 11) is 0. The largest absolute Gasteiger partial charge is 0.465 e. The highest BCUT2D eigenvalue weighted by molar-refractivity contribution is 5.76. The molecule has 1 aromatic rings. The molecule has 0 aliphatic carbocycles. The second-order valence-electron chi connectivity index (χ2n) is 2.96. The number of hydrogen-bond acceptors (Lipinski definition) is 4. The first-order valence-electron chi connectivity index (χ1n) is 4.81. The molecule has 1 aromatic heterocycles. The lowest BCUT2D eigenvalue weighted by Crippen LogP contribution is -2.17. The number of esters is 1. The third kappa shape index (κ3) is 2.55. The van der Waals surface area contributed by atoms with Crippen LogP contribution >= 0.6 is 0 Å². The summed E-state index contributed by atoms with van der Waals surface area (Å²) in [6.07, 6.45) is 3.04. The van der Waals surface area contributed by atoms with Crippen molar-refractivity contribution in [2.24, 2.45) is 0 Å². The molecule has 1 N–H and O–H groups in total. The fourth-order valence-electron chi connectivity index (χ4n) is 1.28. The van der Waals surface area contributed by atoms with Crippen LogP contribution in [0, 0.1) is 0 Å². The van der Waals surface area contributed by atoms with Crippen molar-refractivity contribution < 1.29 is 9.53 Å². The van der Waals surface area contributed by atoms with E-state index in [9.17, 15) is 4.79 Å². The van der Waals surface area contributed by atoms with Gasteiger partial charge in [-0.2, -0.15) is 5.10 Å². The Morgan fingerprint density at radius 2 is 2.43 bits per heavy atom. The number of aromatic nitrogens is 3. The van der Waals surface area contributed by atoms with Crippen LogP contribution in [-0.2, 0) is 9.53 Å². The predicted octanol–water partition coefficient (Wildman–Crippen LogP) is 1.25. The fraction of sp³-hybridized carbons (Fsp3) is 0.667. The molecule has 0 spiro atoms. The van der Waals surface area contributed by atoms with E-state index in [1.807, 2.05) is 6.92 Å². The average Bonchev–Trinajstić information content (AvgIpc) is 2.67. The zero-order valence-corrected chi connectivity index (χ0v) is 8.49. The van der Waals surface area contributed by atoms with E-state index in [1.54, 1.807) is 6.92 Å². The first-order valence-corrected chi connectivity index (χ1v) is 4.81. The van der Waals surface area contributed by atoms with E-state index in [0.717, 1.165) is 12.8 Å². The molecule has 5 heteroatoms. The third-order valence-corrected chi connectivity index (χ3v) is 1.91. The monoisotopic (exact) mass is 197 g/mol. The Balaban J connectivity index is 2.69. The molecule has 78 valence electrons. The van der Waals surface area contributed by atoms with Crippen LogP contribution in [0.3, 0.4) is 0 Å². The minimum absolute atomic E-state index is 0.230. The first kappa shape index (κ1) is 10.7. The molecule has 1 unspecified atom stereocenters. The van der Waals surface area contributed by atoms with Crippen LogP contribution in [-0.4, -0.2) is 27.8 Å². The first-order chi connectivity index (χ1) is 6.79. The van der Waals surface area contributed by atoms with E-state index in [4.69, 9.17) is 4.74 Å². The van der Waals surface area contributed by atoms with Gasteiger partial charge in [-0.15, -0.1) is 0 Å². The Morgan fingerprint density at radius 1 is 1.64 bits per heavy atom. The van der Waals surface area contributed by atoms with E-state index >= 15 is 0 Å². The zero-order chi connectivity index (χ0) is 10.4. The van der Waals surface area contributed by atoms with Gasteiger partial charge in [0.1, 0.15) is 18.1 Å². The molecule has 0 bridgehead atoms. The van der Waals surface area contributed by atoms with E-state index in [0.29, 0.717) is 12.4 Å². The van der Waals surface area contributed by atoms with Crippen molar-refractivity contribution >= 4 is 5.97 Å². The highest BCUT2D eigenvalue weighted by Gasteiger charge is 2.23. The molecule has 0 fully saturated rings. The molecule has 1 atom stereocenters. The molecular weight excluding hydrogens is 182 g/mol. The van der Waals surface area contributed by atoms with Gasteiger partial charge in [0.05, 0.1) is 6.61 Å². The van der Waals surface area contributed by atoms with Gasteiger partial charge in [-0.25, -0.2) is 4.98 Å². The molecule has 0 radical (unpaired) electrons. The molecule has 0 saturated carbocycles. The molecule has 1 heterocycles. The molecule has 1 rings (SSSR count). The van der Waals surface area contributed by atoms with Crippen LogP contribution in [0.4, 0.5) is 0 Å². The minimum Gasteiger partial charge on any atom is -0.465 e. The van der Waals surface area contributed by atoms with Crippen LogP contribution in [0.25, 0.3) is 0 Å². The normalized spacial score (nSPS) is 12.4. The van der Waals surface area contributed by atoms with Crippen LogP contribution < -0.4 is 0 Å². The minimum atomic E-state index is -0.303. The van der Waals surface area contributed by atoms with Gasteiger partial charge in [0.15, 0.2) is 0 Å². The number of nitrogens with one attached hydrogen (secondary N) is 1. The van der Waals surface area contributed by atoms with Crippen molar-refractivity contribution in [1.82, 2.24) is 15.2 Å². The quantitative estimate of drug-likeness (QED) is 0.721. The Bertz CT molecular complexity index is 272. The number of H-pyrrole nitrogens is 1. The second-order valence-corrected chi connectivity index (χ2v) is 2.96. The van der Waals surface area contributed by atoms with E-state index in [-0.39, 0.29) is 11.9 Å². The number of rotatable bonds is 5. The van der Waals surface area contributed by atoms with Gasteiger partial charge in [0.2, 0.25) is 0 Å².